The number of nitrogens with zero attached hydrogens (tertiary/aromatic N) is 1. The Hall–Kier alpha value is -2.79. The second kappa shape index (κ2) is 8.06. The molecule has 0 aliphatic heterocycles. The number of aryl methyl sites for hydroxylation is 1. The predicted molar refractivity (Wildman–Crippen MR) is 103 cm³/mol. The van der Waals surface area contributed by atoms with Crippen molar-refractivity contribution in [3.05, 3.63) is 59.2 Å². The minimum Gasteiger partial charge on any atom is -0.492 e. The third-order valence-corrected chi connectivity index (χ3v) is 4.23. The number of ether oxygens (including phenoxy) is 2. The maximum Gasteiger partial charge on any atom is 0.262 e. The number of hydrogen-bond acceptors (Lipinski definition) is 4. The fourth-order valence-electron chi connectivity index (χ4n) is 2.57. The summed E-state index contributed by atoms with van der Waals surface area (Å²) in [6.07, 6.45) is 1.70. The largest absolute Gasteiger partial charge is 0.492 e. The van der Waals surface area contributed by atoms with Crippen molar-refractivity contribution in [2.24, 2.45) is 0 Å². The van der Waals surface area contributed by atoms with E-state index in [2.05, 4.69) is 10.3 Å². The Bertz CT molecular complexity index is 943. The lowest BCUT2D eigenvalue weighted by Crippen LogP contribution is -2.20. The van der Waals surface area contributed by atoms with Crippen LogP contribution in [-0.2, 0) is 4.79 Å². The first kappa shape index (κ1) is 18.0. The van der Waals surface area contributed by atoms with Gasteiger partial charge in [-0.25, -0.2) is 0 Å². The van der Waals surface area contributed by atoms with Crippen LogP contribution in [0.1, 0.15) is 12.5 Å². The molecule has 1 aromatic heterocycles. The number of pyridine rings is 1. The van der Waals surface area contributed by atoms with Gasteiger partial charge in [-0.3, -0.25) is 9.78 Å². The Balaban J connectivity index is 1.73. The summed E-state index contributed by atoms with van der Waals surface area (Å²) in [6.45, 7) is 4.25. The first-order valence-corrected chi connectivity index (χ1v) is 8.65. The van der Waals surface area contributed by atoms with E-state index in [0.29, 0.717) is 34.3 Å². The monoisotopic (exact) mass is 370 g/mol. The van der Waals surface area contributed by atoms with E-state index in [9.17, 15) is 4.79 Å². The molecule has 0 bridgehead atoms. The van der Waals surface area contributed by atoms with Crippen LogP contribution in [0.3, 0.4) is 0 Å². The molecule has 3 aromatic rings. The van der Waals surface area contributed by atoms with Gasteiger partial charge in [0.15, 0.2) is 6.61 Å². The summed E-state index contributed by atoms with van der Waals surface area (Å²) < 4.78 is 11.1. The van der Waals surface area contributed by atoms with Gasteiger partial charge in [0.2, 0.25) is 0 Å². The molecule has 6 heteroatoms. The van der Waals surface area contributed by atoms with E-state index in [-0.39, 0.29) is 12.5 Å². The number of halogens is 1. The minimum absolute atomic E-state index is 0.101. The molecule has 0 saturated heterocycles. The van der Waals surface area contributed by atoms with Gasteiger partial charge in [0.05, 0.1) is 12.3 Å². The maximum absolute atomic E-state index is 12.3. The zero-order valence-corrected chi connectivity index (χ0v) is 15.3. The molecule has 134 valence electrons. The van der Waals surface area contributed by atoms with Gasteiger partial charge in [-0.2, -0.15) is 0 Å². The molecule has 0 saturated carbocycles. The van der Waals surface area contributed by atoms with Crippen molar-refractivity contribution in [2.75, 3.05) is 18.5 Å². The Kier molecular flexibility index (Phi) is 5.58. The van der Waals surface area contributed by atoms with Gasteiger partial charge in [0.1, 0.15) is 17.0 Å². The number of hydrogen-bond donors (Lipinski definition) is 1. The smallest absolute Gasteiger partial charge is 0.262 e. The van der Waals surface area contributed by atoms with E-state index in [1.807, 2.05) is 26.0 Å². The number of carbonyl (C=O) groups is 1. The normalized spacial score (nSPS) is 10.6. The molecule has 1 heterocycles. The molecule has 2 aromatic carbocycles. The molecule has 0 aliphatic rings. The highest BCUT2D eigenvalue weighted by atomic mass is 35.5. The highest BCUT2D eigenvalue weighted by Gasteiger charge is 2.11. The van der Waals surface area contributed by atoms with Crippen molar-refractivity contribution >= 4 is 34.1 Å². The van der Waals surface area contributed by atoms with Crippen LogP contribution in [0, 0.1) is 6.92 Å². The molecule has 0 fully saturated rings. The Labute approximate surface area is 156 Å². The highest BCUT2D eigenvalue weighted by Crippen LogP contribution is 2.30. The van der Waals surface area contributed by atoms with Crippen LogP contribution in [0.4, 0.5) is 5.69 Å². The fourth-order valence-corrected chi connectivity index (χ4v) is 2.69. The fraction of sp³-hybridized carbons (Fsp3) is 0.200. The highest BCUT2D eigenvalue weighted by molar-refractivity contribution is 6.31. The lowest BCUT2D eigenvalue weighted by Gasteiger charge is -2.12. The third-order valence-electron chi connectivity index (χ3n) is 3.81. The summed E-state index contributed by atoms with van der Waals surface area (Å²) in [5.74, 6) is 1.03. The van der Waals surface area contributed by atoms with Gasteiger partial charge < -0.3 is 14.8 Å². The van der Waals surface area contributed by atoms with Crippen LogP contribution in [0.25, 0.3) is 10.9 Å². The SMILES string of the molecule is CCOc1ccc(NC(=O)COc2ccc(Cl)c(C)c2)c2cccnc12. The van der Waals surface area contributed by atoms with E-state index < -0.39 is 0 Å². The van der Waals surface area contributed by atoms with Crippen LogP contribution in [0.5, 0.6) is 11.5 Å². The maximum atomic E-state index is 12.3. The lowest BCUT2D eigenvalue weighted by molar-refractivity contribution is -0.118. The number of carbonyl (C=O) groups excluding carboxylic acids is 1. The molecule has 0 radical (unpaired) electrons. The van der Waals surface area contributed by atoms with Crippen molar-refractivity contribution in [2.45, 2.75) is 13.8 Å². The molecule has 0 unspecified atom stereocenters. The van der Waals surface area contributed by atoms with Gasteiger partial charge in [-0.1, -0.05) is 11.6 Å². The van der Waals surface area contributed by atoms with E-state index in [1.165, 1.54) is 0 Å². The first-order valence-electron chi connectivity index (χ1n) is 8.28. The lowest BCUT2D eigenvalue weighted by atomic mass is 10.1. The summed E-state index contributed by atoms with van der Waals surface area (Å²) in [7, 11) is 0. The summed E-state index contributed by atoms with van der Waals surface area (Å²) in [4.78, 5) is 16.6. The molecule has 0 atom stereocenters. The molecule has 0 aliphatic carbocycles. The molecule has 3 rings (SSSR count). The standard InChI is InChI=1S/C20H19ClN2O3/c1-3-25-18-9-8-17(15-5-4-10-22-20(15)18)23-19(24)12-26-14-6-7-16(21)13(2)11-14/h4-11H,3,12H2,1-2H3,(H,23,24). The average molecular weight is 371 g/mol. The van der Waals surface area contributed by atoms with Gasteiger partial charge >= 0.3 is 0 Å². The number of rotatable bonds is 6. The van der Waals surface area contributed by atoms with Crippen LogP contribution in [-0.4, -0.2) is 24.1 Å². The Morgan fingerprint density at radius 1 is 1.19 bits per heavy atom. The third kappa shape index (κ3) is 4.06. The van der Waals surface area contributed by atoms with Gasteiger partial charge in [-0.05, 0) is 61.9 Å². The topological polar surface area (TPSA) is 60.5 Å². The van der Waals surface area contributed by atoms with Gasteiger partial charge in [0, 0.05) is 16.6 Å². The van der Waals surface area contributed by atoms with Gasteiger partial charge in [0.25, 0.3) is 5.91 Å². The van der Waals surface area contributed by atoms with E-state index in [4.69, 9.17) is 21.1 Å². The molecule has 1 amide bonds. The number of benzene rings is 2. The molecule has 26 heavy (non-hydrogen) atoms. The second-order valence-corrected chi connectivity index (χ2v) is 6.10. The predicted octanol–water partition coefficient (Wildman–Crippen LogP) is 4.61. The first-order chi connectivity index (χ1) is 12.6. The number of nitrogens with one attached hydrogen (secondary N) is 1. The molecule has 0 spiro atoms. The Morgan fingerprint density at radius 2 is 2.04 bits per heavy atom. The summed E-state index contributed by atoms with van der Waals surface area (Å²) in [5, 5.41) is 4.34. The summed E-state index contributed by atoms with van der Waals surface area (Å²) in [6, 6.07) is 12.6. The number of fused-ring (bicyclic) bond motifs is 1. The molecular formula is C20H19ClN2O3. The summed E-state index contributed by atoms with van der Waals surface area (Å²) >= 11 is 5.99. The van der Waals surface area contributed by atoms with Crippen molar-refractivity contribution in [1.82, 2.24) is 4.98 Å². The van der Waals surface area contributed by atoms with Gasteiger partial charge in [-0.15, -0.1) is 0 Å². The quantitative estimate of drug-likeness (QED) is 0.688. The molecular weight excluding hydrogens is 352 g/mol. The van der Waals surface area contributed by atoms with Crippen LogP contribution in [0.2, 0.25) is 5.02 Å². The van der Waals surface area contributed by atoms with Crippen LogP contribution in [0.15, 0.2) is 48.7 Å². The van der Waals surface area contributed by atoms with Crippen molar-refractivity contribution in [1.29, 1.82) is 0 Å². The van der Waals surface area contributed by atoms with Crippen molar-refractivity contribution < 1.29 is 14.3 Å². The van der Waals surface area contributed by atoms with E-state index >= 15 is 0 Å². The van der Waals surface area contributed by atoms with Crippen LogP contribution >= 0.6 is 11.6 Å². The Morgan fingerprint density at radius 3 is 2.81 bits per heavy atom. The van der Waals surface area contributed by atoms with Crippen LogP contribution < -0.4 is 14.8 Å². The van der Waals surface area contributed by atoms with E-state index in [1.54, 1.807) is 36.5 Å². The van der Waals surface area contributed by atoms with Crippen molar-refractivity contribution in [3.8, 4) is 11.5 Å². The zero-order chi connectivity index (χ0) is 18.5. The zero-order valence-electron chi connectivity index (χ0n) is 14.6. The summed E-state index contributed by atoms with van der Waals surface area (Å²) in [5.41, 5.74) is 2.27. The molecule has 5 nitrogen and oxygen atoms in total. The second-order valence-electron chi connectivity index (χ2n) is 5.69. The molecule has 1 N–H and O–H groups in total. The minimum atomic E-state index is -0.257. The average Bonchev–Trinajstić information content (AvgIpc) is 2.65. The number of anilines is 1. The van der Waals surface area contributed by atoms with E-state index in [0.717, 1.165) is 10.9 Å². The number of amides is 1. The van der Waals surface area contributed by atoms with Crippen molar-refractivity contribution in [3.63, 3.8) is 0 Å². The number of aromatic nitrogens is 1.